The summed E-state index contributed by atoms with van der Waals surface area (Å²) in [6.07, 6.45) is 70.4. The lowest BCUT2D eigenvalue weighted by Crippen LogP contribution is -2.65. The van der Waals surface area contributed by atoms with Crippen molar-refractivity contribution in [3.05, 3.63) is 97.2 Å². The summed E-state index contributed by atoms with van der Waals surface area (Å²) in [5.74, 6) is -0.255. The van der Waals surface area contributed by atoms with E-state index in [2.05, 4.69) is 104 Å². The molecule has 12 atom stereocenters. The molecule has 2 saturated heterocycles. The Kier molecular flexibility index (Phi) is 56.8. The second-order valence-electron chi connectivity index (χ2n) is 26.0. The lowest BCUT2D eigenvalue weighted by molar-refractivity contribution is -0.359. The number of carbonyl (C=O) groups is 1. The lowest BCUT2D eigenvalue weighted by Gasteiger charge is -2.46. The third-order valence-electron chi connectivity index (χ3n) is 17.8. The van der Waals surface area contributed by atoms with Crippen LogP contribution in [-0.4, -0.2) is 140 Å². The number of unbranched alkanes of at least 4 members (excludes halogenated alkanes) is 34. The molecule has 0 aromatic heterocycles. The molecule has 2 rings (SSSR count). The Bertz CT molecular complexity index is 1920. The number of allylic oxidation sites excluding steroid dienone is 15. The van der Waals surface area contributed by atoms with Gasteiger partial charge in [0.05, 0.1) is 32.0 Å². The van der Waals surface area contributed by atoms with Crippen LogP contribution in [0.3, 0.4) is 0 Å². The Balaban J connectivity index is 1.68. The number of amides is 1. The molecule has 1 amide bonds. The van der Waals surface area contributed by atoms with Gasteiger partial charge in [0.25, 0.3) is 0 Å². The monoisotopic (exact) mass is 1300 g/mol. The first-order chi connectivity index (χ1) is 45.1. The highest BCUT2D eigenvalue weighted by Gasteiger charge is 2.51. The molecule has 0 aliphatic carbocycles. The van der Waals surface area contributed by atoms with Crippen LogP contribution in [0, 0.1) is 0 Å². The zero-order valence-electron chi connectivity index (χ0n) is 58.0. The van der Waals surface area contributed by atoms with Crippen LogP contribution in [0.15, 0.2) is 97.2 Å². The first-order valence-electron chi connectivity index (χ1n) is 37.5. The van der Waals surface area contributed by atoms with Gasteiger partial charge < -0.3 is 65.1 Å². The number of nitrogens with one attached hydrogen (secondary N) is 1. The highest BCUT2D eigenvalue weighted by molar-refractivity contribution is 5.76. The van der Waals surface area contributed by atoms with E-state index in [1.165, 1.54) is 186 Å². The highest BCUT2D eigenvalue weighted by atomic mass is 16.7. The SMILES string of the molecule is CC/C=C\C/C=C\C/C=C\C/C=C\C/C=C\C/C=C\CCCCCCCCCCCCC(=O)NC(COC1OC(CO)C(OC2OC(CO)C(O)C(O)C2O)C(O)C1O)C(O)/C=C/CC/C=C/CCCCCCCCCCCCCCCCCCCCCCCCC. The van der Waals surface area contributed by atoms with Crippen LogP contribution in [-0.2, 0) is 23.7 Å². The van der Waals surface area contributed by atoms with Crippen LogP contribution in [0.5, 0.6) is 0 Å². The number of ether oxygens (including phenoxy) is 4. The number of aliphatic hydroxyl groups is 8. The number of hydrogen-bond acceptors (Lipinski definition) is 13. The molecule has 12 unspecified atom stereocenters. The van der Waals surface area contributed by atoms with Crippen LogP contribution in [0.25, 0.3) is 0 Å². The van der Waals surface area contributed by atoms with E-state index in [1.807, 2.05) is 6.08 Å². The molecule has 9 N–H and O–H groups in total. The summed E-state index contributed by atoms with van der Waals surface area (Å²) in [6.45, 7) is 2.69. The largest absolute Gasteiger partial charge is 0.394 e. The molecular weight excluding hydrogens is 1160 g/mol. The molecule has 2 aliphatic rings. The van der Waals surface area contributed by atoms with Crippen molar-refractivity contribution in [3.8, 4) is 0 Å². The third kappa shape index (κ3) is 44.6. The van der Waals surface area contributed by atoms with E-state index in [4.69, 9.17) is 18.9 Å². The summed E-state index contributed by atoms with van der Waals surface area (Å²) in [6, 6.07) is -0.942. The minimum Gasteiger partial charge on any atom is -0.394 e. The smallest absolute Gasteiger partial charge is 0.220 e. The second-order valence-corrected chi connectivity index (χ2v) is 26.0. The Labute approximate surface area is 560 Å². The van der Waals surface area contributed by atoms with Gasteiger partial charge in [-0.3, -0.25) is 4.79 Å². The van der Waals surface area contributed by atoms with E-state index in [1.54, 1.807) is 6.08 Å². The fourth-order valence-corrected chi connectivity index (χ4v) is 11.8. The standard InChI is InChI=1S/C78H137NO13/c1-3-5-7-9-11-13-15-17-19-21-23-25-27-29-31-33-35-37-39-41-43-45-47-49-51-53-55-57-59-61-67(82)66(65-89-77-75(88)73(86)76(69(64-81)91-77)92-78-74(87)72(85)71(84)68(63-80)90-78)79-70(83)62-60-58-56-54-52-50-48-46-44-42-40-38-36-34-32-30-28-26-24-22-20-18-16-14-12-10-8-6-4-2/h6,8,12,14,18,20,24,26,30,32,36,38,51,53,59,61,66-69,71-78,80-82,84-88H,3-5,7,9-11,13,15-17,19,21-23,25,27-29,31,33-35,37,39-50,52,54-58,60,62-65H2,1-2H3,(H,79,83)/b8-6-,14-12-,20-18-,26-24-,32-30-,38-36-,53-51+,61-59+. The van der Waals surface area contributed by atoms with E-state index in [-0.39, 0.29) is 18.9 Å². The van der Waals surface area contributed by atoms with Crippen molar-refractivity contribution < 1.29 is 64.6 Å². The molecule has 14 nitrogen and oxygen atoms in total. The van der Waals surface area contributed by atoms with Crippen LogP contribution in [0.1, 0.15) is 296 Å². The Morgan fingerprint density at radius 1 is 0.402 bits per heavy atom. The van der Waals surface area contributed by atoms with E-state index < -0.39 is 86.8 Å². The summed E-state index contributed by atoms with van der Waals surface area (Å²) in [5.41, 5.74) is 0. The number of hydrogen-bond donors (Lipinski definition) is 9. The topological polar surface area (TPSA) is 228 Å². The van der Waals surface area contributed by atoms with Crippen molar-refractivity contribution in [2.75, 3.05) is 19.8 Å². The predicted octanol–water partition coefficient (Wildman–Crippen LogP) is 16.1. The molecule has 0 bridgehead atoms. The van der Waals surface area contributed by atoms with Gasteiger partial charge in [-0.1, -0.05) is 304 Å². The van der Waals surface area contributed by atoms with Crippen LogP contribution < -0.4 is 5.32 Å². The second kappa shape index (κ2) is 61.5. The quantitative estimate of drug-likeness (QED) is 0.0204. The Morgan fingerprint density at radius 3 is 1.20 bits per heavy atom. The Hall–Kier alpha value is -3.09. The van der Waals surface area contributed by atoms with Crippen LogP contribution >= 0.6 is 0 Å². The summed E-state index contributed by atoms with van der Waals surface area (Å²) < 4.78 is 22.9. The summed E-state index contributed by atoms with van der Waals surface area (Å²) in [7, 11) is 0. The van der Waals surface area contributed by atoms with Gasteiger partial charge in [-0.15, -0.1) is 0 Å². The van der Waals surface area contributed by atoms with Crippen molar-refractivity contribution in [1.29, 1.82) is 0 Å². The minimum atomic E-state index is -1.80. The molecule has 0 spiro atoms. The first kappa shape index (κ1) is 85.0. The Morgan fingerprint density at radius 2 is 0.761 bits per heavy atom. The average Bonchev–Trinajstić information content (AvgIpc) is 0.836. The molecule has 0 radical (unpaired) electrons. The van der Waals surface area contributed by atoms with E-state index in [0.717, 1.165) is 77.0 Å². The molecular formula is C78H137NO13. The van der Waals surface area contributed by atoms with E-state index in [9.17, 15) is 45.6 Å². The zero-order chi connectivity index (χ0) is 66.6. The van der Waals surface area contributed by atoms with Crippen molar-refractivity contribution in [2.45, 2.75) is 370 Å². The van der Waals surface area contributed by atoms with Gasteiger partial charge in [0.2, 0.25) is 5.91 Å². The van der Waals surface area contributed by atoms with Gasteiger partial charge in [-0.05, 0) is 83.5 Å². The van der Waals surface area contributed by atoms with Gasteiger partial charge in [-0.2, -0.15) is 0 Å². The van der Waals surface area contributed by atoms with Gasteiger partial charge in [-0.25, -0.2) is 0 Å². The maximum Gasteiger partial charge on any atom is 0.220 e. The lowest BCUT2D eigenvalue weighted by atomic mass is 9.97. The minimum absolute atomic E-state index is 0.255. The summed E-state index contributed by atoms with van der Waals surface area (Å²) in [4.78, 5) is 13.4. The average molecular weight is 1300 g/mol. The molecule has 532 valence electrons. The van der Waals surface area contributed by atoms with E-state index >= 15 is 0 Å². The first-order valence-corrected chi connectivity index (χ1v) is 37.5. The number of carbonyl (C=O) groups excluding carboxylic acids is 1. The number of rotatable bonds is 61. The third-order valence-corrected chi connectivity index (χ3v) is 17.8. The molecule has 0 aromatic carbocycles. The highest BCUT2D eigenvalue weighted by Crippen LogP contribution is 2.30. The molecule has 2 heterocycles. The maximum absolute atomic E-state index is 13.4. The van der Waals surface area contributed by atoms with Crippen LogP contribution in [0.4, 0.5) is 0 Å². The van der Waals surface area contributed by atoms with Gasteiger partial charge in [0.1, 0.15) is 48.8 Å². The fraction of sp³-hybridized carbons (Fsp3) is 0.782. The summed E-state index contributed by atoms with van der Waals surface area (Å²) in [5, 5.41) is 87.5. The predicted molar refractivity (Wildman–Crippen MR) is 378 cm³/mol. The summed E-state index contributed by atoms with van der Waals surface area (Å²) >= 11 is 0. The number of aliphatic hydroxyl groups excluding tert-OH is 8. The fourth-order valence-electron chi connectivity index (χ4n) is 11.8. The van der Waals surface area contributed by atoms with E-state index in [0.29, 0.717) is 12.8 Å². The normalized spacial score (nSPS) is 23.2. The molecule has 0 saturated carbocycles. The molecule has 92 heavy (non-hydrogen) atoms. The molecule has 2 aliphatic heterocycles. The van der Waals surface area contributed by atoms with Crippen molar-refractivity contribution in [1.82, 2.24) is 5.32 Å². The van der Waals surface area contributed by atoms with Crippen molar-refractivity contribution >= 4 is 5.91 Å². The molecule has 14 heteroatoms. The van der Waals surface area contributed by atoms with Gasteiger partial charge in [0.15, 0.2) is 12.6 Å². The molecule has 0 aromatic rings. The maximum atomic E-state index is 13.4. The zero-order valence-corrected chi connectivity index (χ0v) is 58.0. The van der Waals surface area contributed by atoms with Gasteiger partial charge >= 0.3 is 0 Å². The van der Waals surface area contributed by atoms with Crippen LogP contribution in [0.2, 0.25) is 0 Å². The van der Waals surface area contributed by atoms with Crippen molar-refractivity contribution in [3.63, 3.8) is 0 Å². The molecule has 2 fully saturated rings. The van der Waals surface area contributed by atoms with Gasteiger partial charge in [0, 0.05) is 6.42 Å². The van der Waals surface area contributed by atoms with Crippen molar-refractivity contribution in [2.24, 2.45) is 0 Å².